The summed E-state index contributed by atoms with van der Waals surface area (Å²) >= 11 is 0. The Hall–Kier alpha value is -2.20. The molecular formula is C24H37N5O4S. The van der Waals surface area contributed by atoms with Gasteiger partial charge in [-0.15, -0.1) is 0 Å². The molecule has 10 heteroatoms. The molecule has 1 N–H and O–H groups in total. The summed E-state index contributed by atoms with van der Waals surface area (Å²) in [5, 5.41) is 3.01. The Kier molecular flexibility index (Phi) is 8.08. The number of hydrogen-bond acceptors (Lipinski definition) is 6. The minimum atomic E-state index is -3.48. The normalized spacial score (nSPS) is 27.6. The molecule has 2 aliphatic heterocycles. The lowest BCUT2D eigenvalue weighted by molar-refractivity contribution is -0.135. The predicted molar refractivity (Wildman–Crippen MR) is 131 cm³/mol. The van der Waals surface area contributed by atoms with E-state index < -0.39 is 22.0 Å². The van der Waals surface area contributed by atoms with Gasteiger partial charge >= 0.3 is 0 Å². The molecule has 3 fully saturated rings. The van der Waals surface area contributed by atoms with Gasteiger partial charge in [0.05, 0.1) is 11.7 Å². The number of sulfonamides is 1. The van der Waals surface area contributed by atoms with Gasteiger partial charge in [-0.25, -0.2) is 13.4 Å². The monoisotopic (exact) mass is 491 g/mol. The summed E-state index contributed by atoms with van der Waals surface area (Å²) in [7, 11) is -3.48. The molecular weight excluding hydrogens is 454 g/mol. The van der Waals surface area contributed by atoms with Crippen LogP contribution >= 0.6 is 0 Å². The molecule has 0 bridgehead atoms. The number of hydrogen-bond donors (Lipinski definition) is 1. The number of carbonyl (C=O) groups excluding carboxylic acids is 2. The third-order valence-electron chi connectivity index (χ3n) is 7.48. The van der Waals surface area contributed by atoms with E-state index in [4.69, 9.17) is 0 Å². The fraction of sp³-hybridized carbons (Fsp3) is 0.708. The number of fused-ring (bicyclic) bond motifs is 1. The van der Waals surface area contributed by atoms with Crippen molar-refractivity contribution in [3.8, 4) is 0 Å². The molecule has 2 amide bonds. The maximum Gasteiger partial charge on any atom is 0.225 e. The predicted octanol–water partition coefficient (Wildman–Crippen LogP) is 1.47. The van der Waals surface area contributed by atoms with Gasteiger partial charge in [-0.1, -0.05) is 18.9 Å². The quantitative estimate of drug-likeness (QED) is 0.684. The Bertz CT molecular complexity index is 949. The van der Waals surface area contributed by atoms with Gasteiger partial charge in [-0.3, -0.25) is 9.59 Å². The first-order valence-corrected chi connectivity index (χ1v) is 14.2. The van der Waals surface area contributed by atoms with Gasteiger partial charge in [-0.2, -0.15) is 4.31 Å². The first-order chi connectivity index (χ1) is 16.4. The highest BCUT2D eigenvalue weighted by molar-refractivity contribution is 7.89. The molecule has 1 aromatic rings. The highest BCUT2D eigenvalue weighted by atomic mass is 32.2. The Labute approximate surface area is 202 Å². The van der Waals surface area contributed by atoms with E-state index in [9.17, 15) is 18.0 Å². The van der Waals surface area contributed by atoms with E-state index >= 15 is 0 Å². The number of nitrogens with one attached hydrogen (secondary N) is 1. The van der Waals surface area contributed by atoms with Crippen LogP contribution in [0.3, 0.4) is 0 Å². The number of pyridine rings is 1. The highest BCUT2D eigenvalue weighted by Gasteiger charge is 2.48. The fourth-order valence-corrected chi connectivity index (χ4v) is 6.92. The largest absolute Gasteiger partial charge is 0.356 e. The van der Waals surface area contributed by atoms with Crippen LogP contribution in [-0.4, -0.2) is 85.5 Å². The number of nitrogens with zero attached hydrogens (tertiary/aromatic N) is 4. The molecule has 3 atom stereocenters. The molecule has 9 nitrogen and oxygen atoms in total. The molecule has 0 radical (unpaired) electrons. The van der Waals surface area contributed by atoms with E-state index in [0.29, 0.717) is 52.1 Å². The average molecular weight is 492 g/mol. The molecule has 4 rings (SSSR count). The second-order valence-electron chi connectivity index (χ2n) is 9.56. The molecule has 3 heterocycles. The van der Waals surface area contributed by atoms with E-state index in [2.05, 4.69) is 15.2 Å². The number of anilines is 1. The van der Waals surface area contributed by atoms with Crippen LogP contribution in [0.1, 0.15) is 45.4 Å². The standard InChI is InChI=1S/C24H37N5O4S/c1-2-34(32,33)29-12-8-4-3-6-11-26-23(30)20-17-19(18-21(20)29)24(31)28-15-13-27(14-16-28)22-9-5-7-10-25-22/h5,7,9-10,19-21H,2-4,6,8,11-18H2,1H3,(H,26,30)/t19-,20-,21+/m1/s1. The lowest BCUT2D eigenvalue weighted by atomic mass is 10.0. The lowest BCUT2D eigenvalue weighted by Crippen LogP contribution is -2.50. The van der Waals surface area contributed by atoms with E-state index in [-0.39, 0.29) is 23.5 Å². The van der Waals surface area contributed by atoms with Crippen LogP contribution in [0.25, 0.3) is 0 Å². The molecule has 1 aliphatic carbocycles. The van der Waals surface area contributed by atoms with Crippen molar-refractivity contribution in [1.29, 1.82) is 0 Å². The second kappa shape index (κ2) is 11.0. The van der Waals surface area contributed by atoms with Gasteiger partial charge in [0, 0.05) is 57.4 Å². The van der Waals surface area contributed by atoms with Crippen molar-refractivity contribution in [1.82, 2.24) is 19.5 Å². The van der Waals surface area contributed by atoms with Crippen LogP contribution in [0.5, 0.6) is 0 Å². The summed E-state index contributed by atoms with van der Waals surface area (Å²) in [6.45, 7) is 5.30. The van der Waals surface area contributed by atoms with Gasteiger partial charge in [-0.05, 0) is 44.7 Å². The molecule has 1 aromatic heterocycles. The van der Waals surface area contributed by atoms with Crippen molar-refractivity contribution in [2.45, 2.75) is 51.5 Å². The minimum absolute atomic E-state index is 0.00589. The molecule has 188 valence electrons. The molecule has 3 aliphatic rings. The van der Waals surface area contributed by atoms with Gasteiger partial charge in [0.25, 0.3) is 0 Å². The number of piperazine rings is 1. The van der Waals surface area contributed by atoms with Gasteiger partial charge in [0.15, 0.2) is 0 Å². The first kappa shape index (κ1) is 24.9. The van der Waals surface area contributed by atoms with Crippen LogP contribution < -0.4 is 10.2 Å². The molecule has 2 saturated heterocycles. The Balaban J connectivity index is 1.47. The third kappa shape index (κ3) is 5.54. The second-order valence-corrected chi connectivity index (χ2v) is 11.8. The lowest BCUT2D eigenvalue weighted by Gasteiger charge is -2.36. The van der Waals surface area contributed by atoms with Crippen LogP contribution in [0, 0.1) is 11.8 Å². The summed E-state index contributed by atoms with van der Waals surface area (Å²) in [5.41, 5.74) is 0. The van der Waals surface area contributed by atoms with E-state index in [0.717, 1.165) is 31.5 Å². The van der Waals surface area contributed by atoms with Crippen molar-refractivity contribution >= 4 is 27.7 Å². The van der Waals surface area contributed by atoms with Crippen molar-refractivity contribution in [3.63, 3.8) is 0 Å². The molecule has 34 heavy (non-hydrogen) atoms. The topological polar surface area (TPSA) is 103 Å². The SMILES string of the molecule is CCS(=O)(=O)N1CCCCCCNC(=O)[C@@H]2C[C@@H](C(=O)N3CCN(c4ccccn4)CC3)C[C@@H]21. The van der Waals surface area contributed by atoms with Crippen LogP contribution in [0.2, 0.25) is 0 Å². The average Bonchev–Trinajstić information content (AvgIpc) is 3.29. The third-order valence-corrected chi connectivity index (χ3v) is 9.37. The number of aromatic nitrogens is 1. The summed E-state index contributed by atoms with van der Waals surface area (Å²) in [5.74, 6) is 0.0312. The molecule has 0 spiro atoms. The first-order valence-electron chi connectivity index (χ1n) is 12.6. The van der Waals surface area contributed by atoms with Gasteiger partial charge in [0.1, 0.15) is 5.82 Å². The van der Waals surface area contributed by atoms with Gasteiger partial charge in [0.2, 0.25) is 21.8 Å². The number of rotatable bonds is 4. The van der Waals surface area contributed by atoms with E-state index in [1.165, 1.54) is 0 Å². The van der Waals surface area contributed by atoms with Crippen molar-refractivity contribution in [3.05, 3.63) is 24.4 Å². The summed E-state index contributed by atoms with van der Waals surface area (Å²) in [6.07, 6.45) is 6.18. The molecule has 0 aromatic carbocycles. The van der Waals surface area contributed by atoms with Crippen LogP contribution in [0.4, 0.5) is 5.82 Å². The Morgan fingerprint density at radius 2 is 1.82 bits per heavy atom. The minimum Gasteiger partial charge on any atom is -0.356 e. The van der Waals surface area contributed by atoms with E-state index in [1.807, 2.05) is 23.1 Å². The van der Waals surface area contributed by atoms with E-state index in [1.54, 1.807) is 17.4 Å². The maximum atomic E-state index is 13.5. The Morgan fingerprint density at radius 3 is 2.53 bits per heavy atom. The smallest absolute Gasteiger partial charge is 0.225 e. The fourth-order valence-electron chi connectivity index (χ4n) is 5.54. The highest BCUT2D eigenvalue weighted by Crippen LogP contribution is 2.38. The summed E-state index contributed by atoms with van der Waals surface area (Å²) in [6, 6.07) is 5.36. The van der Waals surface area contributed by atoms with Crippen LogP contribution in [-0.2, 0) is 19.6 Å². The zero-order chi connectivity index (χ0) is 24.1. The van der Waals surface area contributed by atoms with Gasteiger partial charge < -0.3 is 15.1 Å². The Morgan fingerprint density at radius 1 is 1.06 bits per heavy atom. The molecule has 0 unspecified atom stereocenters. The van der Waals surface area contributed by atoms with Crippen LogP contribution in [0.15, 0.2) is 24.4 Å². The molecule has 1 saturated carbocycles. The maximum absolute atomic E-state index is 13.5. The van der Waals surface area contributed by atoms with Crippen molar-refractivity contribution in [2.75, 3.05) is 49.9 Å². The van der Waals surface area contributed by atoms with Crippen molar-refractivity contribution in [2.24, 2.45) is 11.8 Å². The number of amides is 2. The number of carbonyl (C=O) groups is 2. The zero-order valence-corrected chi connectivity index (χ0v) is 20.9. The summed E-state index contributed by atoms with van der Waals surface area (Å²) in [4.78, 5) is 35.0. The van der Waals surface area contributed by atoms with Crippen molar-refractivity contribution < 1.29 is 18.0 Å². The summed E-state index contributed by atoms with van der Waals surface area (Å²) < 4.78 is 27.5. The zero-order valence-electron chi connectivity index (χ0n) is 20.1.